The molecule has 0 radical (unpaired) electrons. The molecular weight excluding hydrogens is 258 g/mol. The van der Waals surface area contributed by atoms with Gasteiger partial charge in [0.1, 0.15) is 11.8 Å². The maximum absolute atomic E-state index is 12.1. The molecule has 5 heteroatoms. The summed E-state index contributed by atoms with van der Waals surface area (Å²) in [5.74, 6) is -0.444. The third-order valence-electron chi connectivity index (χ3n) is 3.48. The van der Waals surface area contributed by atoms with Crippen molar-refractivity contribution in [2.75, 3.05) is 14.2 Å². The predicted octanol–water partition coefficient (Wildman–Crippen LogP) is 2.12. The molecule has 110 valence electrons. The second kappa shape index (κ2) is 6.93. The zero-order valence-corrected chi connectivity index (χ0v) is 12.3. The zero-order chi connectivity index (χ0) is 15.3. The van der Waals surface area contributed by atoms with Crippen LogP contribution in [0.15, 0.2) is 24.3 Å². The lowest BCUT2D eigenvalue weighted by Crippen LogP contribution is -2.40. The van der Waals surface area contributed by atoms with Gasteiger partial charge >= 0.3 is 5.97 Å². The largest absolute Gasteiger partial charge is 0.497 e. The van der Waals surface area contributed by atoms with Crippen LogP contribution in [-0.4, -0.2) is 42.1 Å². The SMILES string of the molecule is COc1cccc(C(C)CC(=O)N(C)C(C)C(=O)O)c1. The van der Waals surface area contributed by atoms with Crippen molar-refractivity contribution < 1.29 is 19.4 Å². The standard InChI is InChI=1S/C15H21NO4/c1-10(12-6-5-7-13(9-12)20-4)8-14(17)16(3)11(2)15(18)19/h5-7,9-11H,8H2,1-4H3,(H,18,19). The van der Waals surface area contributed by atoms with Gasteiger partial charge in [-0.25, -0.2) is 4.79 Å². The van der Waals surface area contributed by atoms with Crippen LogP contribution in [0.25, 0.3) is 0 Å². The molecule has 0 saturated heterocycles. The molecule has 1 N–H and O–H groups in total. The van der Waals surface area contributed by atoms with E-state index in [0.29, 0.717) is 0 Å². The van der Waals surface area contributed by atoms with Crippen LogP contribution in [0.1, 0.15) is 31.7 Å². The lowest BCUT2D eigenvalue weighted by molar-refractivity contribution is -0.148. The Balaban J connectivity index is 2.72. The third kappa shape index (κ3) is 3.98. The highest BCUT2D eigenvalue weighted by molar-refractivity contribution is 5.83. The number of carboxylic acid groups (broad SMARTS) is 1. The Morgan fingerprint density at radius 2 is 2.00 bits per heavy atom. The number of likely N-dealkylation sites (N-methyl/N-ethyl adjacent to an activating group) is 1. The first-order valence-corrected chi connectivity index (χ1v) is 6.49. The van der Waals surface area contributed by atoms with Gasteiger partial charge in [-0.05, 0) is 30.5 Å². The van der Waals surface area contributed by atoms with Crippen LogP contribution >= 0.6 is 0 Å². The molecule has 0 aromatic heterocycles. The van der Waals surface area contributed by atoms with E-state index in [9.17, 15) is 9.59 Å². The summed E-state index contributed by atoms with van der Waals surface area (Å²) in [4.78, 5) is 24.2. The van der Waals surface area contributed by atoms with Crippen LogP contribution in [0, 0.1) is 0 Å². The number of rotatable bonds is 6. The van der Waals surface area contributed by atoms with Crippen molar-refractivity contribution in [3.05, 3.63) is 29.8 Å². The lowest BCUT2D eigenvalue weighted by atomic mass is 9.97. The number of carbonyl (C=O) groups is 2. The zero-order valence-electron chi connectivity index (χ0n) is 12.3. The first kappa shape index (κ1) is 16.0. The predicted molar refractivity (Wildman–Crippen MR) is 75.9 cm³/mol. The monoisotopic (exact) mass is 279 g/mol. The third-order valence-corrected chi connectivity index (χ3v) is 3.48. The normalized spacial score (nSPS) is 13.4. The molecule has 2 atom stereocenters. The van der Waals surface area contributed by atoms with E-state index in [2.05, 4.69) is 0 Å². The van der Waals surface area contributed by atoms with E-state index < -0.39 is 12.0 Å². The molecule has 1 rings (SSSR count). The topological polar surface area (TPSA) is 66.8 Å². The van der Waals surface area contributed by atoms with E-state index in [-0.39, 0.29) is 18.2 Å². The highest BCUT2D eigenvalue weighted by atomic mass is 16.5. The van der Waals surface area contributed by atoms with Crippen molar-refractivity contribution in [1.82, 2.24) is 4.90 Å². The molecule has 0 aliphatic heterocycles. The number of ether oxygens (including phenoxy) is 1. The van der Waals surface area contributed by atoms with Gasteiger partial charge < -0.3 is 14.7 Å². The van der Waals surface area contributed by atoms with E-state index in [1.807, 2.05) is 31.2 Å². The summed E-state index contributed by atoms with van der Waals surface area (Å²) in [5, 5.41) is 8.91. The first-order valence-electron chi connectivity index (χ1n) is 6.49. The number of carboxylic acids is 1. The molecule has 2 unspecified atom stereocenters. The van der Waals surface area contributed by atoms with Gasteiger partial charge in [-0.2, -0.15) is 0 Å². The Bertz CT molecular complexity index is 487. The Morgan fingerprint density at radius 1 is 1.35 bits per heavy atom. The van der Waals surface area contributed by atoms with Crippen molar-refractivity contribution in [2.45, 2.75) is 32.2 Å². The van der Waals surface area contributed by atoms with Crippen molar-refractivity contribution in [1.29, 1.82) is 0 Å². The van der Waals surface area contributed by atoms with E-state index >= 15 is 0 Å². The Kier molecular flexibility index (Phi) is 5.55. The molecule has 0 heterocycles. The number of hydrogen-bond acceptors (Lipinski definition) is 3. The molecule has 0 aliphatic carbocycles. The molecule has 20 heavy (non-hydrogen) atoms. The van der Waals surface area contributed by atoms with Crippen molar-refractivity contribution in [2.24, 2.45) is 0 Å². The van der Waals surface area contributed by atoms with Crippen molar-refractivity contribution in [3.8, 4) is 5.75 Å². The molecule has 0 fully saturated rings. The van der Waals surface area contributed by atoms with Crippen molar-refractivity contribution >= 4 is 11.9 Å². The lowest BCUT2D eigenvalue weighted by Gasteiger charge is -2.23. The van der Waals surface area contributed by atoms with Gasteiger partial charge in [0, 0.05) is 13.5 Å². The minimum atomic E-state index is -1.00. The number of aliphatic carboxylic acids is 1. The van der Waals surface area contributed by atoms with Crippen LogP contribution in [0.4, 0.5) is 0 Å². The summed E-state index contributed by atoms with van der Waals surface area (Å²) in [6.07, 6.45) is 0.265. The first-order chi connectivity index (χ1) is 9.36. The van der Waals surface area contributed by atoms with Gasteiger partial charge in [0.25, 0.3) is 0 Å². The van der Waals surface area contributed by atoms with E-state index in [0.717, 1.165) is 11.3 Å². The fourth-order valence-electron chi connectivity index (χ4n) is 1.85. The quantitative estimate of drug-likeness (QED) is 0.866. The minimum absolute atomic E-state index is 0.000967. The summed E-state index contributed by atoms with van der Waals surface area (Å²) in [6, 6.07) is 6.72. The molecular formula is C15H21NO4. The number of methoxy groups -OCH3 is 1. The fraction of sp³-hybridized carbons (Fsp3) is 0.467. The molecule has 1 amide bonds. The molecule has 0 saturated carbocycles. The van der Waals surface area contributed by atoms with Crippen LogP contribution in [-0.2, 0) is 9.59 Å². The van der Waals surface area contributed by atoms with Gasteiger partial charge in [-0.3, -0.25) is 4.79 Å². The summed E-state index contributed by atoms with van der Waals surface area (Å²) in [7, 11) is 3.11. The van der Waals surface area contributed by atoms with Gasteiger partial charge in [0.15, 0.2) is 0 Å². The fourth-order valence-corrected chi connectivity index (χ4v) is 1.85. The van der Waals surface area contributed by atoms with Crippen LogP contribution in [0.5, 0.6) is 5.75 Å². The van der Waals surface area contributed by atoms with Crippen molar-refractivity contribution in [3.63, 3.8) is 0 Å². The molecule has 0 bridgehead atoms. The van der Waals surface area contributed by atoms with Gasteiger partial charge in [0.05, 0.1) is 7.11 Å². The van der Waals surface area contributed by atoms with Gasteiger partial charge in [-0.15, -0.1) is 0 Å². The molecule has 1 aromatic carbocycles. The molecule has 0 aliphatic rings. The van der Waals surface area contributed by atoms with Crippen LogP contribution in [0.2, 0.25) is 0 Å². The average molecular weight is 279 g/mol. The van der Waals surface area contributed by atoms with E-state index in [1.54, 1.807) is 7.11 Å². The number of amides is 1. The maximum Gasteiger partial charge on any atom is 0.326 e. The minimum Gasteiger partial charge on any atom is -0.497 e. The number of nitrogens with zero attached hydrogens (tertiary/aromatic N) is 1. The van der Waals surface area contributed by atoms with Gasteiger partial charge in [0.2, 0.25) is 5.91 Å². The number of benzene rings is 1. The maximum atomic E-state index is 12.1. The second-order valence-corrected chi connectivity index (χ2v) is 4.90. The molecule has 0 spiro atoms. The highest BCUT2D eigenvalue weighted by Gasteiger charge is 2.23. The Morgan fingerprint density at radius 3 is 2.55 bits per heavy atom. The smallest absolute Gasteiger partial charge is 0.326 e. The summed E-state index contributed by atoms with van der Waals surface area (Å²) in [6.45, 7) is 3.43. The number of carbonyl (C=O) groups excluding carboxylic acids is 1. The summed E-state index contributed by atoms with van der Waals surface area (Å²) < 4.78 is 5.15. The summed E-state index contributed by atoms with van der Waals surface area (Å²) in [5.41, 5.74) is 0.995. The second-order valence-electron chi connectivity index (χ2n) is 4.90. The van der Waals surface area contributed by atoms with Gasteiger partial charge in [-0.1, -0.05) is 19.1 Å². The van der Waals surface area contributed by atoms with E-state index in [1.165, 1.54) is 18.9 Å². The average Bonchev–Trinajstić information content (AvgIpc) is 2.45. The highest BCUT2D eigenvalue weighted by Crippen LogP contribution is 2.23. The number of hydrogen-bond donors (Lipinski definition) is 1. The molecule has 1 aromatic rings. The Hall–Kier alpha value is -2.04. The Labute approximate surface area is 119 Å². The summed E-state index contributed by atoms with van der Waals surface area (Å²) >= 11 is 0. The van der Waals surface area contributed by atoms with E-state index in [4.69, 9.17) is 9.84 Å². The molecule has 5 nitrogen and oxygen atoms in total. The van der Waals surface area contributed by atoms with Crippen LogP contribution < -0.4 is 4.74 Å². The van der Waals surface area contributed by atoms with Crippen LogP contribution in [0.3, 0.4) is 0 Å².